The molecule has 6 nitrogen and oxygen atoms in total. The van der Waals surface area contributed by atoms with Gasteiger partial charge in [0.05, 0.1) is 0 Å². The van der Waals surface area contributed by atoms with Gasteiger partial charge in [0.2, 0.25) is 0 Å². The van der Waals surface area contributed by atoms with Crippen molar-refractivity contribution in [3.63, 3.8) is 0 Å². The van der Waals surface area contributed by atoms with Crippen LogP contribution in [0.1, 0.15) is 23.6 Å². The second kappa shape index (κ2) is 8.26. The average Bonchev–Trinajstić information content (AvgIpc) is 2.93. The summed E-state index contributed by atoms with van der Waals surface area (Å²) in [5.41, 5.74) is 2.19. The number of rotatable bonds is 5. The third kappa shape index (κ3) is 4.08. The van der Waals surface area contributed by atoms with Gasteiger partial charge in [-0.3, -0.25) is 4.79 Å². The Hall–Kier alpha value is -2.13. The Bertz CT molecular complexity index is 743. The number of nitrogens with zero attached hydrogens (tertiary/aromatic N) is 2. The average molecular weight is 398 g/mol. The summed E-state index contributed by atoms with van der Waals surface area (Å²) in [6.07, 6.45) is -0.0281. The van der Waals surface area contributed by atoms with Gasteiger partial charge < -0.3 is 14.7 Å². The van der Waals surface area contributed by atoms with Crippen LogP contribution in [0, 0.1) is 0 Å². The van der Waals surface area contributed by atoms with Gasteiger partial charge in [-0.05, 0) is 29.4 Å². The molecule has 1 fully saturated rings. The Balaban J connectivity index is 1.66. The summed E-state index contributed by atoms with van der Waals surface area (Å²) in [6, 6.07) is 5.16. The molecule has 0 aromatic heterocycles. The van der Waals surface area contributed by atoms with Crippen molar-refractivity contribution >= 4 is 29.3 Å². The van der Waals surface area contributed by atoms with E-state index in [1.54, 1.807) is 29.2 Å². The number of aliphatic hydroxyl groups excluding tert-OH is 1. The highest BCUT2D eigenvalue weighted by Gasteiger charge is 2.44. The highest BCUT2D eigenvalue weighted by molar-refractivity contribution is 7.98. The lowest BCUT2D eigenvalue weighted by molar-refractivity contribution is -0.138. The SMILES string of the molecule is CSCC(O)C(=O)N1CC=C(c2ccc(C3C(F)OC(=O)N3F)cc2)CC1. The van der Waals surface area contributed by atoms with Crippen molar-refractivity contribution in [1.29, 1.82) is 0 Å². The molecule has 2 heterocycles. The van der Waals surface area contributed by atoms with Gasteiger partial charge in [-0.15, -0.1) is 5.12 Å². The van der Waals surface area contributed by atoms with Crippen LogP contribution in [0.5, 0.6) is 0 Å². The largest absolute Gasteiger partial charge is 0.441 e. The smallest absolute Gasteiger partial charge is 0.410 e. The molecule has 3 unspecified atom stereocenters. The number of aliphatic hydroxyl groups is 1. The number of hydrogen-bond acceptors (Lipinski definition) is 5. The van der Waals surface area contributed by atoms with E-state index >= 15 is 0 Å². The summed E-state index contributed by atoms with van der Waals surface area (Å²) in [5.74, 6) is 0.0833. The molecule has 0 saturated carbocycles. The van der Waals surface area contributed by atoms with Crippen LogP contribution in [0.15, 0.2) is 30.3 Å². The van der Waals surface area contributed by atoms with Crippen LogP contribution in [0.2, 0.25) is 0 Å². The van der Waals surface area contributed by atoms with Gasteiger partial charge in [0.15, 0.2) is 6.04 Å². The number of benzene rings is 1. The molecule has 3 rings (SSSR count). The first-order valence-corrected chi connectivity index (χ1v) is 9.86. The van der Waals surface area contributed by atoms with E-state index in [1.165, 1.54) is 11.8 Å². The number of carbonyl (C=O) groups is 2. The van der Waals surface area contributed by atoms with Gasteiger partial charge in [-0.2, -0.15) is 16.2 Å². The van der Waals surface area contributed by atoms with E-state index in [2.05, 4.69) is 4.74 Å². The Morgan fingerprint density at radius 2 is 2.11 bits per heavy atom. The van der Waals surface area contributed by atoms with Crippen LogP contribution in [-0.4, -0.2) is 64.7 Å². The van der Waals surface area contributed by atoms with E-state index in [0.29, 0.717) is 30.8 Å². The van der Waals surface area contributed by atoms with Crippen LogP contribution < -0.4 is 0 Å². The maximum Gasteiger partial charge on any atom is 0.441 e. The molecule has 9 heteroatoms. The van der Waals surface area contributed by atoms with E-state index in [1.807, 2.05) is 12.3 Å². The minimum absolute atomic E-state index is 0.247. The van der Waals surface area contributed by atoms with Crippen LogP contribution in [0.25, 0.3) is 5.57 Å². The summed E-state index contributed by atoms with van der Waals surface area (Å²) in [5, 5.41) is 9.57. The number of hydrogen-bond donors (Lipinski definition) is 1. The first-order chi connectivity index (χ1) is 12.9. The number of thioether (sulfide) groups is 1. The van der Waals surface area contributed by atoms with Gasteiger partial charge in [-0.25, -0.2) is 4.79 Å². The molecule has 0 aliphatic carbocycles. The number of halogens is 2. The maximum absolute atomic E-state index is 13.7. The van der Waals surface area contributed by atoms with Crippen LogP contribution in [0.3, 0.4) is 0 Å². The molecule has 0 radical (unpaired) electrons. The quantitative estimate of drug-likeness (QED) is 0.773. The van der Waals surface area contributed by atoms with Crippen LogP contribution >= 0.6 is 11.8 Å². The zero-order valence-corrected chi connectivity index (χ0v) is 15.5. The van der Waals surface area contributed by atoms with E-state index in [9.17, 15) is 23.6 Å². The minimum atomic E-state index is -2.05. The summed E-state index contributed by atoms with van der Waals surface area (Å²) in [6.45, 7) is 0.894. The number of ether oxygens (including phenoxy) is 1. The highest BCUT2D eigenvalue weighted by Crippen LogP contribution is 2.35. The summed E-state index contributed by atoms with van der Waals surface area (Å²) >= 11 is 1.41. The van der Waals surface area contributed by atoms with Crippen molar-refractivity contribution in [2.24, 2.45) is 0 Å². The van der Waals surface area contributed by atoms with Crippen LogP contribution in [-0.2, 0) is 9.53 Å². The number of carbonyl (C=O) groups excluding carboxylic acids is 2. The molecule has 1 N–H and O–H groups in total. The molecular formula is C18H20F2N2O4S. The van der Waals surface area contributed by atoms with Gasteiger partial charge in [0, 0.05) is 18.8 Å². The van der Waals surface area contributed by atoms with Gasteiger partial charge in [0.1, 0.15) is 6.10 Å². The molecule has 1 saturated heterocycles. The van der Waals surface area contributed by atoms with E-state index < -0.39 is 24.6 Å². The molecule has 0 bridgehead atoms. The van der Waals surface area contributed by atoms with Crippen molar-refractivity contribution in [1.82, 2.24) is 10.0 Å². The molecule has 146 valence electrons. The van der Waals surface area contributed by atoms with Crippen molar-refractivity contribution in [2.45, 2.75) is 24.9 Å². The number of amides is 2. The molecule has 2 aliphatic rings. The maximum atomic E-state index is 13.7. The molecule has 0 spiro atoms. The second-order valence-electron chi connectivity index (χ2n) is 6.35. The van der Waals surface area contributed by atoms with Crippen molar-refractivity contribution in [3.05, 3.63) is 41.5 Å². The third-order valence-corrected chi connectivity index (χ3v) is 5.28. The molecule has 1 aromatic carbocycles. The first-order valence-electron chi connectivity index (χ1n) is 8.47. The second-order valence-corrected chi connectivity index (χ2v) is 7.26. The summed E-state index contributed by atoms with van der Waals surface area (Å²) in [7, 11) is 0. The van der Waals surface area contributed by atoms with Gasteiger partial charge in [-0.1, -0.05) is 34.8 Å². The molecule has 2 amide bonds. The molecule has 2 aliphatic heterocycles. The number of alkyl halides is 1. The third-order valence-electron chi connectivity index (χ3n) is 4.63. The van der Waals surface area contributed by atoms with E-state index in [0.717, 1.165) is 11.1 Å². The molecule has 27 heavy (non-hydrogen) atoms. The Labute approximate surface area is 159 Å². The zero-order valence-electron chi connectivity index (χ0n) is 14.7. The summed E-state index contributed by atoms with van der Waals surface area (Å²) in [4.78, 5) is 24.8. The zero-order chi connectivity index (χ0) is 19.6. The Kier molecular flexibility index (Phi) is 6.01. The Morgan fingerprint density at radius 3 is 2.63 bits per heavy atom. The lowest BCUT2D eigenvalue weighted by atomic mass is 9.96. The van der Waals surface area contributed by atoms with Gasteiger partial charge in [0.25, 0.3) is 12.3 Å². The monoisotopic (exact) mass is 398 g/mol. The summed E-state index contributed by atoms with van der Waals surface area (Å²) < 4.78 is 31.6. The lowest BCUT2D eigenvalue weighted by Crippen LogP contribution is -2.42. The van der Waals surface area contributed by atoms with Crippen molar-refractivity contribution < 1.29 is 28.3 Å². The molecular weight excluding hydrogens is 378 g/mol. The van der Waals surface area contributed by atoms with Crippen molar-refractivity contribution in [2.75, 3.05) is 25.1 Å². The van der Waals surface area contributed by atoms with Crippen LogP contribution in [0.4, 0.5) is 13.7 Å². The lowest BCUT2D eigenvalue weighted by Gasteiger charge is -2.28. The topological polar surface area (TPSA) is 70.1 Å². The molecule has 3 atom stereocenters. The highest BCUT2D eigenvalue weighted by atomic mass is 32.2. The first kappa shape index (κ1) is 19.6. The predicted molar refractivity (Wildman–Crippen MR) is 97.1 cm³/mol. The molecule has 1 aromatic rings. The normalized spacial score (nSPS) is 23.9. The van der Waals surface area contributed by atoms with E-state index in [4.69, 9.17) is 0 Å². The standard InChI is InChI=1S/C18H20F2N2O4S/c1-27-10-14(23)17(24)21-8-6-12(7-9-21)11-2-4-13(5-3-11)15-16(19)26-18(25)22(15)20/h2-6,14-16,23H,7-10H2,1H3. The fourth-order valence-electron chi connectivity index (χ4n) is 3.18. The fourth-order valence-corrected chi connectivity index (χ4v) is 3.63. The Morgan fingerprint density at radius 1 is 1.41 bits per heavy atom. The van der Waals surface area contributed by atoms with Gasteiger partial charge >= 0.3 is 6.09 Å². The van der Waals surface area contributed by atoms with E-state index in [-0.39, 0.29) is 11.0 Å². The number of cyclic esters (lactones) is 1. The van der Waals surface area contributed by atoms with Crippen molar-refractivity contribution in [3.8, 4) is 0 Å². The minimum Gasteiger partial charge on any atom is -0.410 e. The predicted octanol–water partition coefficient (Wildman–Crippen LogP) is 2.70. The fraction of sp³-hybridized carbons (Fsp3) is 0.444.